The monoisotopic (exact) mass is 331 g/mol. The second-order valence-corrected chi connectivity index (χ2v) is 5.64. The topological polar surface area (TPSA) is 122 Å². The number of pyridine rings is 1. The SMILES string of the molecule is Nc1n[nH]c(CNC(=O)N(Cc2ccccn2)C[C@@H]2CCCO2)n1. The normalized spacial score (nSPS) is 16.9. The molecule has 1 fully saturated rings. The van der Waals surface area contributed by atoms with Gasteiger partial charge in [-0.25, -0.2) is 4.79 Å². The van der Waals surface area contributed by atoms with Gasteiger partial charge in [0.15, 0.2) is 0 Å². The second kappa shape index (κ2) is 7.73. The third kappa shape index (κ3) is 4.42. The molecule has 3 heterocycles. The van der Waals surface area contributed by atoms with Crippen molar-refractivity contribution < 1.29 is 9.53 Å². The maximum absolute atomic E-state index is 12.6. The Hall–Kier alpha value is -2.68. The zero-order chi connectivity index (χ0) is 16.8. The Labute approximate surface area is 139 Å². The quantitative estimate of drug-likeness (QED) is 0.715. The van der Waals surface area contributed by atoms with Gasteiger partial charge in [-0.3, -0.25) is 10.1 Å². The molecule has 2 aromatic heterocycles. The van der Waals surface area contributed by atoms with Gasteiger partial charge in [-0.05, 0) is 25.0 Å². The van der Waals surface area contributed by atoms with Crippen molar-refractivity contribution in [2.24, 2.45) is 0 Å². The summed E-state index contributed by atoms with van der Waals surface area (Å²) in [4.78, 5) is 22.5. The van der Waals surface area contributed by atoms with Crippen molar-refractivity contribution in [2.45, 2.75) is 32.0 Å². The van der Waals surface area contributed by atoms with Crippen LogP contribution in [-0.2, 0) is 17.8 Å². The van der Waals surface area contributed by atoms with Crippen molar-refractivity contribution in [3.05, 3.63) is 35.9 Å². The Kier molecular flexibility index (Phi) is 5.22. The maximum atomic E-state index is 12.6. The standard InChI is InChI=1S/C15H21N7O2/c16-14-19-13(20-21-14)8-18-15(23)22(10-12-5-3-7-24-12)9-11-4-1-2-6-17-11/h1-2,4,6,12H,3,5,7-10H2,(H,18,23)(H3,16,19,20,21)/t12-/m0/s1. The number of nitrogens with one attached hydrogen (secondary N) is 2. The first kappa shape index (κ1) is 16.2. The van der Waals surface area contributed by atoms with Gasteiger partial charge < -0.3 is 20.7 Å². The fourth-order valence-corrected chi connectivity index (χ4v) is 2.60. The number of carbonyl (C=O) groups excluding carboxylic acids is 1. The lowest BCUT2D eigenvalue weighted by molar-refractivity contribution is 0.0791. The minimum absolute atomic E-state index is 0.0698. The first-order chi connectivity index (χ1) is 11.7. The predicted molar refractivity (Wildman–Crippen MR) is 86.7 cm³/mol. The molecule has 4 N–H and O–H groups in total. The van der Waals surface area contributed by atoms with Crippen LogP contribution < -0.4 is 11.1 Å². The van der Waals surface area contributed by atoms with Crippen molar-refractivity contribution in [1.29, 1.82) is 0 Å². The number of urea groups is 1. The smallest absolute Gasteiger partial charge is 0.318 e. The Morgan fingerprint density at radius 2 is 2.42 bits per heavy atom. The van der Waals surface area contributed by atoms with Crippen LogP contribution in [0.15, 0.2) is 24.4 Å². The molecule has 3 rings (SSSR count). The van der Waals surface area contributed by atoms with E-state index in [1.54, 1.807) is 11.1 Å². The molecule has 9 heteroatoms. The van der Waals surface area contributed by atoms with Gasteiger partial charge in [0, 0.05) is 19.3 Å². The lowest BCUT2D eigenvalue weighted by Crippen LogP contribution is -2.43. The van der Waals surface area contributed by atoms with Crippen LogP contribution >= 0.6 is 0 Å². The maximum Gasteiger partial charge on any atom is 0.318 e. The van der Waals surface area contributed by atoms with E-state index in [1.807, 2.05) is 18.2 Å². The van der Waals surface area contributed by atoms with E-state index in [0.717, 1.165) is 25.1 Å². The minimum Gasteiger partial charge on any atom is -0.376 e. The number of hydrogen-bond acceptors (Lipinski definition) is 6. The van der Waals surface area contributed by atoms with E-state index in [9.17, 15) is 4.79 Å². The average molecular weight is 331 g/mol. The molecule has 1 saturated heterocycles. The lowest BCUT2D eigenvalue weighted by atomic mass is 10.2. The van der Waals surface area contributed by atoms with Crippen LogP contribution in [0.1, 0.15) is 24.4 Å². The predicted octanol–water partition coefficient (Wildman–Crippen LogP) is 0.673. The van der Waals surface area contributed by atoms with Crippen LogP contribution in [0.3, 0.4) is 0 Å². The number of ether oxygens (including phenoxy) is 1. The molecule has 2 aromatic rings. The number of rotatable bonds is 6. The highest BCUT2D eigenvalue weighted by Crippen LogP contribution is 2.15. The van der Waals surface area contributed by atoms with Crippen molar-refractivity contribution >= 4 is 12.0 Å². The van der Waals surface area contributed by atoms with Crippen molar-refractivity contribution in [3.8, 4) is 0 Å². The van der Waals surface area contributed by atoms with Crippen molar-refractivity contribution in [2.75, 3.05) is 18.9 Å². The van der Waals surface area contributed by atoms with Gasteiger partial charge in [0.05, 0.1) is 24.9 Å². The Morgan fingerprint density at radius 3 is 3.08 bits per heavy atom. The summed E-state index contributed by atoms with van der Waals surface area (Å²) in [6.45, 7) is 1.93. The van der Waals surface area contributed by atoms with Gasteiger partial charge in [0.2, 0.25) is 5.95 Å². The molecule has 0 spiro atoms. The number of nitrogen functional groups attached to an aromatic ring is 1. The number of nitrogens with two attached hydrogens (primary N) is 1. The van der Waals surface area contributed by atoms with Gasteiger partial charge in [-0.15, -0.1) is 5.10 Å². The molecular formula is C15H21N7O2. The fourth-order valence-electron chi connectivity index (χ4n) is 2.60. The molecule has 0 aromatic carbocycles. The molecule has 24 heavy (non-hydrogen) atoms. The highest BCUT2D eigenvalue weighted by atomic mass is 16.5. The van der Waals surface area contributed by atoms with Gasteiger partial charge in [0.1, 0.15) is 5.82 Å². The minimum atomic E-state index is -0.203. The number of H-pyrrole nitrogens is 1. The Bertz CT molecular complexity index is 655. The van der Waals surface area contributed by atoms with Crippen LogP contribution in [0, 0.1) is 0 Å². The number of aromatic nitrogens is 4. The van der Waals surface area contributed by atoms with Crippen molar-refractivity contribution in [1.82, 2.24) is 30.4 Å². The Morgan fingerprint density at radius 1 is 1.50 bits per heavy atom. The van der Waals surface area contributed by atoms with E-state index in [-0.39, 0.29) is 24.6 Å². The van der Waals surface area contributed by atoms with E-state index >= 15 is 0 Å². The summed E-state index contributed by atoms with van der Waals surface area (Å²) in [7, 11) is 0. The summed E-state index contributed by atoms with van der Waals surface area (Å²) < 4.78 is 5.65. The molecule has 9 nitrogen and oxygen atoms in total. The van der Waals surface area contributed by atoms with E-state index < -0.39 is 0 Å². The molecule has 0 aliphatic carbocycles. The van der Waals surface area contributed by atoms with Crippen LogP contribution in [0.4, 0.5) is 10.7 Å². The third-order valence-corrected chi connectivity index (χ3v) is 3.77. The average Bonchev–Trinajstić information content (AvgIpc) is 3.24. The molecule has 0 radical (unpaired) electrons. The second-order valence-electron chi connectivity index (χ2n) is 5.64. The van der Waals surface area contributed by atoms with E-state index in [4.69, 9.17) is 10.5 Å². The van der Waals surface area contributed by atoms with Crippen LogP contribution in [0.5, 0.6) is 0 Å². The van der Waals surface area contributed by atoms with Gasteiger partial charge in [-0.2, -0.15) is 4.98 Å². The van der Waals surface area contributed by atoms with Crippen LogP contribution in [0.25, 0.3) is 0 Å². The molecule has 2 amide bonds. The third-order valence-electron chi connectivity index (χ3n) is 3.77. The molecule has 1 aliphatic heterocycles. The fraction of sp³-hybridized carbons (Fsp3) is 0.467. The summed E-state index contributed by atoms with van der Waals surface area (Å²) >= 11 is 0. The number of nitrogens with zero attached hydrogens (tertiary/aromatic N) is 4. The van der Waals surface area contributed by atoms with E-state index in [2.05, 4.69) is 25.5 Å². The molecule has 1 atom stereocenters. The lowest BCUT2D eigenvalue weighted by Gasteiger charge is -2.25. The van der Waals surface area contributed by atoms with E-state index in [0.29, 0.717) is 18.9 Å². The first-order valence-electron chi connectivity index (χ1n) is 7.92. The number of hydrogen-bond donors (Lipinski definition) is 3. The van der Waals surface area contributed by atoms with Crippen LogP contribution in [0.2, 0.25) is 0 Å². The number of anilines is 1. The highest BCUT2D eigenvalue weighted by Gasteiger charge is 2.23. The summed E-state index contributed by atoms with van der Waals surface area (Å²) in [5.41, 5.74) is 6.28. The van der Waals surface area contributed by atoms with Gasteiger partial charge >= 0.3 is 6.03 Å². The molecule has 1 aliphatic rings. The summed E-state index contributed by atoms with van der Waals surface area (Å²) in [6.07, 6.45) is 3.78. The van der Waals surface area contributed by atoms with Gasteiger partial charge in [0.25, 0.3) is 0 Å². The highest BCUT2D eigenvalue weighted by molar-refractivity contribution is 5.74. The zero-order valence-corrected chi connectivity index (χ0v) is 13.3. The van der Waals surface area contributed by atoms with Crippen LogP contribution in [-0.4, -0.2) is 50.4 Å². The first-order valence-corrected chi connectivity index (χ1v) is 7.92. The number of amides is 2. The Balaban J connectivity index is 1.61. The zero-order valence-electron chi connectivity index (χ0n) is 13.3. The summed E-state index contributed by atoms with van der Waals surface area (Å²) in [5, 5.41) is 9.22. The summed E-state index contributed by atoms with van der Waals surface area (Å²) in [6, 6.07) is 5.45. The summed E-state index contributed by atoms with van der Waals surface area (Å²) in [5.74, 6) is 0.666. The molecule has 128 valence electrons. The molecular weight excluding hydrogens is 310 g/mol. The van der Waals surface area contributed by atoms with Gasteiger partial charge in [-0.1, -0.05) is 6.07 Å². The molecule has 0 saturated carbocycles. The van der Waals surface area contributed by atoms with E-state index in [1.165, 1.54) is 0 Å². The molecule has 0 unspecified atom stereocenters. The molecule has 0 bridgehead atoms. The number of carbonyl (C=O) groups is 1. The largest absolute Gasteiger partial charge is 0.376 e. The number of aromatic amines is 1. The van der Waals surface area contributed by atoms with Crippen molar-refractivity contribution in [3.63, 3.8) is 0 Å².